The van der Waals surface area contributed by atoms with Crippen molar-refractivity contribution in [1.29, 1.82) is 0 Å². The molecular formula is C14H27N3O2. The second kappa shape index (κ2) is 6.68. The molecule has 1 aliphatic carbocycles. The molecule has 2 fully saturated rings. The van der Waals surface area contributed by atoms with Gasteiger partial charge in [-0.25, -0.2) is 0 Å². The van der Waals surface area contributed by atoms with Gasteiger partial charge in [0.15, 0.2) is 0 Å². The number of carbonyl (C=O) groups is 1. The molecule has 2 rings (SSSR count). The van der Waals surface area contributed by atoms with E-state index in [-0.39, 0.29) is 12.0 Å². The third kappa shape index (κ3) is 3.68. The Morgan fingerprint density at radius 3 is 2.95 bits per heavy atom. The quantitative estimate of drug-likeness (QED) is 0.797. The first-order valence-electron chi connectivity index (χ1n) is 7.41. The number of ether oxygens (including phenoxy) is 1. The number of nitrogens with two attached hydrogens (primary N) is 1. The monoisotopic (exact) mass is 269 g/mol. The van der Waals surface area contributed by atoms with E-state index < -0.39 is 0 Å². The largest absolute Gasteiger partial charge is 0.375 e. The highest BCUT2D eigenvalue weighted by molar-refractivity contribution is 5.78. The lowest BCUT2D eigenvalue weighted by atomic mass is 10.0. The molecule has 3 unspecified atom stereocenters. The Bertz CT molecular complexity index is 311. The first-order valence-corrected chi connectivity index (χ1v) is 7.41. The molecule has 5 heteroatoms. The van der Waals surface area contributed by atoms with E-state index in [9.17, 15) is 4.79 Å². The first kappa shape index (κ1) is 14.8. The summed E-state index contributed by atoms with van der Waals surface area (Å²) in [5.74, 6) is 0.779. The van der Waals surface area contributed by atoms with Gasteiger partial charge in [0.2, 0.25) is 5.91 Å². The maximum atomic E-state index is 12.3. The minimum atomic E-state index is 0.159. The highest BCUT2D eigenvalue weighted by Crippen LogP contribution is 2.28. The Kier molecular flexibility index (Phi) is 5.19. The molecule has 0 spiro atoms. The van der Waals surface area contributed by atoms with E-state index in [0.717, 1.165) is 19.6 Å². The number of carbonyl (C=O) groups excluding carboxylic acids is 1. The second-order valence-corrected chi connectivity index (χ2v) is 5.93. The molecule has 0 aromatic rings. The number of nitrogens with zero attached hydrogens (tertiary/aromatic N) is 2. The van der Waals surface area contributed by atoms with Crippen LogP contribution in [0.2, 0.25) is 0 Å². The van der Waals surface area contributed by atoms with Crippen LogP contribution in [0.3, 0.4) is 0 Å². The van der Waals surface area contributed by atoms with Crippen molar-refractivity contribution >= 4 is 5.91 Å². The van der Waals surface area contributed by atoms with Crippen LogP contribution in [0.1, 0.15) is 26.2 Å². The van der Waals surface area contributed by atoms with Crippen LogP contribution >= 0.6 is 0 Å². The van der Waals surface area contributed by atoms with E-state index in [1.54, 1.807) is 0 Å². The first-order chi connectivity index (χ1) is 9.11. The van der Waals surface area contributed by atoms with Gasteiger partial charge in [-0.15, -0.1) is 0 Å². The van der Waals surface area contributed by atoms with Crippen LogP contribution in [0.15, 0.2) is 0 Å². The lowest BCUT2D eigenvalue weighted by molar-refractivity contribution is -0.139. The molecule has 5 nitrogen and oxygen atoms in total. The molecular weight excluding hydrogens is 242 g/mol. The number of hydrogen-bond acceptors (Lipinski definition) is 4. The predicted molar refractivity (Wildman–Crippen MR) is 74.8 cm³/mol. The molecule has 2 aliphatic rings. The Morgan fingerprint density at radius 2 is 2.26 bits per heavy atom. The average Bonchev–Trinajstić information content (AvgIpc) is 2.87. The van der Waals surface area contributed by atoms with E-state index in [1.807, 2.05) is 11.8 Å². The summed E-state index contributed by atoms with van der Waals surface area (Å²) in [6, 6.07) is 0.479. The molecule has 110 valence electrons. The highest BCUT2D eigenvalue weighted by Gasteiger charge is 2.31. The zero-order valence-corrected chi connectivity index (χ0v) is 12.2. The molecule has 19 heavy (non-hydrogen) atoms. The van der Waals surface area contributed by atoms with E-state index in [0.29, 0.717) is 25.1 Å². The number of amides is 1. The van der Waals surface area contributed by atoms with Gasteiger partial charge in [0.25, 0.3) is 0 Å². The number of morpholine rings is 1. The lowest BCUT2D eigenvalue weighted by Gasteiger charge is -2.34. The summed E-state index contributed by atoms with van der Waals surface area (Å²) >= 11 is 0. The normalized spacial score (nSPS) is 32.0. The second-order valence-electron chi connectivity index (χ2n) is 5.93. The maximum absolute atomic E-state index is 12.3. The van der Waals surface area contributed by atoms with Crippen molar-refractivity contribution in [3.8, 4) is 0 Å². The molecule has 1 saturated heterocycles. The fraction of sp³-hybridized carbons (Fsp3) is 0.929. The van der Waals surface area contributed by atoms with Crippen molar-refractivity contribution in [2.45, 2.75) is 38.3 Å². The third-order valence-electron chi connectivity index (χ3n) is 4.47. The molecule has 0 aromatic heterocycles. The molecule has 1 aliphatic heterocycles. The van der Waals surface area contributed by atoms with Crippen molar-refractivity contribution in [3.05, 3.63) is 0 Å². The van der Waals surface area contributed by atoms with Gasteiger partial charge in [0.1, 0.15) is 0 Å². The van der Waals surface area contributed by atoms with E-state index >= 15 is 0 Å². The smallest absolute Gasteiger partial charge is 0.236 e. The standard InChI is InChI=1S/C14H27N3O2/c1-11-9-17(6-7-19-11)14(18)10-16(2)13-5-3-4-12(13)8-15/h11-13H,3-10,15H2,1-2H3. The maximum Gasteiger partial charge on any atom is 0.236 e. The summed E-state index contributed by atoms with van der Waals surface area (Å²) in [5, 5.41) is 0. The summed E-state index contributed by atoms with van der Waals surface area (Å²) in [6.45, 7) is 5.36. The Labute approximate surface area is 116 Å². The zero-order valence-electron chi connectivity index (χ0n) is 12.2. The minimum absolute atomic E-state index is 0.159. The van der Waals surface area contributed by atoms with Crippen LogP contribution in [-0.4, -0.2) is 67.7 Å². The molecule has 0 radical (unpaired) electrons. The van der Waals surface area contributed by atoms with Gasteiger partial charge in [0.05, 0.1) is 19.3 Å². The minimum Gasteiger partial charge on any atom is -0.375 e. The Morgan fingerprint density at radius 1 is 1.47 bits per heavy atom. The number of likely N-dealkylation sites (N-methyl/N-ethyl adjacent to an activating group) is 1. The topological polar surface area (TPSA) is 58.8 Å². The van der Waals surface area contributed by atoms with Gasteiger partial charge in [-0.1, -0.05) is 6.42 Å². The third-order valence-corrected chi connectivity index (χ3v) is 4.47. The highest BCUT2D eigenvalue weighted by atomic mass is 16.5. The fourth-order valence-electron chi connectivity index (χ4n) is 3.35. The number of rotatable bonds is 4. The van der Waals surface area contributed by atoms with Crippen molar-refractivity contribution in [2.75, 3.05) is 39.8 Å². The summed E-state index contributed by atoms with van der Waals surface area (Å²) in [4.78, 5) is 16.4. The van der Waals surface area contributed by atoms with Gasteiger partial charge in [-0.05, 0) is 39.3 Å². The predicted octanol–water partition coefficient (Wildman–Crippen LogP) is 0.293. The summed E-state index contributed by atoms with van der Waals surface area (Å²) < 4.78 is 5.47. The van der Waals surface area contributed by atoms with Crippen LogP contribution in [0.25, 0.3) is 0 Å². The summed E-state index contributed by atoms with van der Waals surface area (Å²) in [6.07, 6.45) is 3.77. The van der Waals surface area contributed by atoms with Crippen LogP contribution in [-0.2, 0) is 9.53 Å². The fourth-order valence-corrected chi connectivity index (χ4v) is 3.35. The van der Waals surface area contributed by atoms with Crippen molar-refractivity contribution < 1.29 is 9.53 Å². The van der Waals surface area contributed by atoms with Crippen molar-refractivity contribution in [2.24, 2.45) is 11.7 Å². The van der Waals surface area contributed by atoms with Gasteiger partial charge in [-0.2, -0.15) is 0 Å². The van der Waals surface area contributed by atoms with E-state index in [4.69, 9.17) is 10.5 Å². The van der Waals surface area contributed by atoms with E-state index in [2.05, 4.69) is 11.9 Å². The van der Waals surface area contributed by atoms with Crippen LogP contribution in [0.5, 0.6) is 0 Å². The molecule has 2 N–H and O–H groups in total. The van der Waals surface area contributed by atoms with Crippen LogP contribution in [0.4, 0.5) is 0 Å². The van der Waals surface area contributed by atoms with Crippen LogP contribution < -0.4 is 5.73 Å². The molecule has 1 heterocycles. The lowest BCUT2D eigenvalue weighted by Crippen LogP contribution is -2.50. The van der Waals surface area contributed by atoms with Gasteiger partial charge < -0.3 is 15.4 Å². The van der Waals surface area contributed by atoms with Crippen molar-refractivity contribution in [3.63, 3.8) is 0 Å². The van der Waals surface area contributed by atoms with E-state index in [1.165, 1.54) is 19.3 Å². The van der Waals surface area contributed by atoms with Gasteiger partial charge in [-0.3, -0.25) is 9.69 Å². The molecule has 1 saturated carbocycles. The van der Waals surface area contributed by atoms with Gasteiger partial charge >= 0.3 is 0 Å². The zero-order chi connectivity index (χ0) is 13.8. The average molecular weight is 269 g/mol. The molecule has 0 bridgehead atoms. The molecule has 1 amide bonds. The Hall–Kier alpha value is -0.650. The number of hydrogen-bond donors (Lipinski definition) is 1. The molecule has 3 atom stereocenters. The SMILES string of the molecule is CC1CN(C(=O)CN(C)C2CCCC2CN)CCO1. The Balaban J connectivity index is 1.84. The summed E-state index contributed by atoms with van der Waals surface area (Å²) in [7, 11) is 2.06. The van der Waals surface area contributed by atoms with Crippen molar-refractivity contribution in [1.82, 2.24) is 9.80 Å². The molecule has 0 aromatic carbocycles. The van der Waals surface area contributed by atoms with Gasteiger partial charge in [0, 0.05) is 19.1 Å². The van der Waals surface area contributed by atoms with Crippen LogP contribution in [0, 0.1) is 5.92 Å². The summed E-state index contributed by atoms with van der Waals surface area (Å²) in [5.41, 5.74) is 5.82.